The van der Waals surface area contributed by atoms with Crippen LogP contribution in [0.3, 0.4) is 0 Å². The Labute approximate surface area is 215 Å². The fourth-order valence-electron chi connectivity index (χ4n) is 5.71. The van der Waals surface area contributed by atoms with Gasteiger partial charge >= 0.3 is 6.09 Å². The minimum absolute atomic E-state index is 0.121. The van der Waals surface area contributed by atoms with Crippen molar-refractivity contribution >= 4 is 44.3 Å². The maximum absolute atomic E-state index is 15.3. The molecule has 2 fully saturated rings. The van der Waals surface area contributed by atoms with Crippen molar-refractivity contribution in [3.05, 3.63) is 16.7 Å². The fraction of sp³-hybridized carbons (Fsp3) is 0.667. The molecule has 2 saturated heterocycles. The van der Waals surface area contributed by atoms with E-state index in [4.69, 9.17) is 16.3 Å². The molecule has 1 unspecified atom stereocenters. The van der Waals surface area contributed by atoms with Crippen LogP contribution in [-0.2, 0) is 21.0 Å². The number of anilines is 1. The predicted molar refractivity (Wildman–Crippen MR) is 134 cm³/mol. The summed E-state index contributed by atoms with van der Waals surface area (Å²) in [5, 5.41) is -0.337. The van der Waals surface area contributed by atoms with Gasteiger partial charge in [0.1, 0.15) is 16.9 Å². The number of aryl methyl sites for hydroxylation is 1. The van der Waals surface area contributed by atoms with Gasteiger partial charge in [0, 0.05) is 6.54 Å². The van der Waals surface area contributed by atoms with Gasteiger partial charge < -0.3 is 9.64 Å². The lowest BCUT2D eigenvalue weighted by Gasteiger charge is -2.47. The first-order chi connectivity index (χ1) is 16.9. The fourth-order valence-corrected chi connectivity index (χ4v) is 6.61. The zero-order chi connectivity index (χ0) is 26.0. The molecule has 9 nitrogen and oxygen atoms in total. The number of amides is 1. The lowest BCUT2D eigenvalue weighted by atomic mass is 9.97. The van der Waals surface area contributed by atoms with E-state index < -0.39 is 26.4 Å². The first-order valence-corrected chi connectivity index (χ1v) is 14.5. The van der Waals surface area contributed by atoms with Crippen molar-refractivity contribution in [3.8, 4) is 0 Å². The molecule has 0 aliphatic carbocycles. The van der Waals surface area contributed by atoms with E-state index in [0.717, 1.165) is 32.1 Å². The third-order valence-electron chi connectivity index (χ3n) is 7.28. The Balaban J connectivity index is 1.69. The summed E-state index contributed by atoms with van der Waals surface area (Å²) in [5.41, 5.74) is -0.172. The molecule has 5 heterocycles. The normalized spacial score (nSPS) is 24.2. The summed E-state index contributed by atoms with van der Waals surface area (Å²) < 4.78 is 46.7. The highest BCUT2D eigenvalue weighted by molar-refractivity contribution is 7.91. The highest BCUT2D eigenvalue weighted by Gasteiger charge is 2.50. The van der Waals surface area contributed by atoms with E-state index in [2.05, 4.69) is 19.9 Å². The molecule has 0 aromatic carbocycles. The van der Waals surface area contributed by atoms with Crippen LogP contribution < -0.4 is 4.90 Å². The van der Waals surface area contributed by atoms with Gasteiger partial charge in [0.25, 0.3) is 0 Å². The number of nitrogens with zero attached hydrogens (tertiary/aromatic N) is 5. The Kier molecular flexibility index (Phi) is 6.30. The molecule has 1 amide bonds. The van der Waals surface area contributed by atoms with Gasteiger partial charge in [0.15, 0.2) is 11.0 Å². The lowest BCUT2D eigenvalue weighted by Crippen LogP contribution is -2.62. The third-order valence-corrected chi connectivity index (χ3v) is 9.03. The summed E-state index contributed by atoms with van der Waals surface area (Å²) in [6.07, 6.45) is 4.20. The van der Waals surface area contributed by atoms with Crippen molar-refractivity contribution in [3.63, 3.8) is 0 Å². The molecular formula is C24H31ClFN5O4S. The smallest absolute Gasteiger partial charge is 0.410 e. The monoisotopic (exact) mass is 539 g/mol. The number of pyridine rings is 1. The molecule has 5 rings (SSSR count). The number of aromatic nitrogens is 3. The highest BCUT2D eigenvalue weighted by Crippen LogP contribution is 2.43. The second-order valence-corrected chi connectivity index (χ2v) is 13.3. The van der Waals surface area contributed by atoms with Gasteiger partial charge in [-0.2, -0.15) is 0 Å². The van der Waals surface area contributed by atoms with Crippen LogP contribution in [0.25, 0.3) is 10.9 Å². The molecule has 3 aliphatic rings. The molecule has 12 heteroatoms. The van der Waals surface area contributed by atoms with Gasteiger partial charge in [-0.3, -0.25) is 4.90 Å². The molecule has 196 valence electrons. The SMILES string of the molecule is CCS(=O)(=O)c1nc2c3c(nc(Cl)c(F)c3n1)CCCC[C@@H]1[C@@H]3CCC(CN21)N3C(=O)OC(C)(C)C. The van der Waals surface area contributed by atoms with Gasteiger partial charge in [-0.05, 0) is 52.9 Å². The molecule has 0 spiro atoms. The van der Waals surface area contributed by atoms with E-state index >= 15 is 4.39 Å². The highest BCUT2D eigenvalue weighted by atomic mass is 35.5. The van der Waals surface area contributed by atoms with Crippen molar-refractivity contribution in [2.75, 3.05) is 17.2 Å². The second-order valence-electron chi connectivity index (χ2n) is 10.8. The summed E-state index contributed by atoms with van der Waals surface area (Å²) in [5.74, 6) is -0.706. The molecule has 3 aliphatic heterocycles. The number of piperazine rings is 1. The number of halogens is 2. The Morgan fingerprint density at radius 3 is 2.58 bits per heavy atom. The Morgan fingerprint density at radius 1 is 1.14 bits per heavy atom. The van der Waals surface area contributed by atoms with Crippen LogP contribution in [0, 0.1) is 5.82 Å². The van der Waals surface area contributed by atoms with Crippen LogP contribution in [0.15, 0.2) is 5.16 Å². The quantitative estimate of drug-likeness (QED) is 0.411. The summed E-state index contributed by atoms with van der Waals surface area (Å²) in [7, 11) is -3.83. The van der Waals surface area contributed by atoms with Crippen LogP contribution in [-0.4, -0.2) is 70.4 Å². The van der Waals surface area contributed by atoms with Crippen LogP contribution in [0.5, 0.6) is 0 Å². The van der Waals surface area contributed by atoms with Crippen LogP contribution in [0.1, 0.15) is 65.5 Å². The van der Waals surface area contributed by atoms with Crippen LogP contribution >= 0.6 is 11.6 Å². The van der Waals surface area contributed by atoms with Crippen LogP contribution in [0.4, 0.5) is 15.0 Å². The molecule has 2 aromatic rings. The molecular weight excluding hydrogens is 509 g/mol. The maximum atomic E-state index is 15.3. The predicted octanol–water partition coefficient (Wildman–Crippen LogP) is 4.29. The minimum atomic E-state index is -3.83. The average molecular weight is 540 g/mol. The molecule has 0 saturated carbocycles. The number of carbonyl (C=O) groups is 1. The van der Waals surface area contributed by atoms with E-state index in [-0.39, 0.29) is 40.6 Å². The molecule has 0 N–H and O–H groups in total. The summed E-state index contributed by atoms with van der Waals surface area (Å²) in [4.78, 5) is 30.1. The first kappa shape index (κ1) is 25.4. The van der Waals surface area contributed by atoms with Crippen LogP contribution in [0.2, 0.25) is 5.15 Å². The zero-order valence-corrected chi connectivity index (χ0v) is 22.5. The number of hydrogen-bond acceptors (Lipinski definition) is 8. The minimum Gasteiger partial charge on any atom is -0.444 e. The van der Waals surface area contributed by atoms with Crippen molar-refractivity contribution in [2.24, 2.45) is 0 Å². The van der Waals surface area contributed by atoms with Crippen molar-refractivity contribution in [2.45, 2.75) is 95.1 Å². The van der Waals surface area contributed by atoms with Gasteiger partial charge in [0.05, 0.1) is 35.0 Å². The van der Waals surface area contributed by atoms with Gasteiger partial charge in [-0.1, -0.05) is 24.9 Å². The Bertz CT molecular complexity index is 1330. The molecule has 36 heavy (non-hydrogen) atoms. The van der Waals surface area contributed by atoms with E-state index in [1.807, 2.05) is 25.7 Å². The number of hydrogen-bond donors (Lipinski definition) is 0. The first-order valence-electron chi connectivity index (χ1n) is 12.5. The van der Waals surface area contributed by atoms with Gasteiger partial charge in [-0.25, -0.2) is 32.6 Å². The second kappa shape index (κ2) is 8.93. The number of ether oxygens (including phenoxy) is 1. The lowest BCUT2D eigenvalue weighted by molar-refractivity contribution is 0.00704. The van der Waals surface area contributed by atoms with Crippen molar-refractivity contribution in [1.82, 2.24) is 19.9 Å². The Hall–Kier alpha value is -2.27. The molecule has 3 atom stereocenters. The number of fused-ring (bicyclic) bond motifs is 5. The number of sulfone groups is 1. The molecule has 2 aromatic heterocycles. The van der Waals surface area contributed by atoms with E-state index in [0.29, 0.717) is 29.9 Å². The Morgan fingerprint density at radius 2 is 1.89 bits per heavy atom. The standard InChI is InChI=1S/C24H31ClFN5O4S/c1-5-36(33,34)22-28-19-17-14(27-20(25)18(19)26)8-6-7-9-15-16-11-10-13(12-30(15)21(17)29-22)31(16)23(32)35-24(2,3)4/h13,15-16H,5-12H2,1-4H3/t13?,15-,16+/m1/s1. The largest absolute Gasteiger partial charge is 0.444 e. The molecule has 2 bridgehead atoms. The summed E-state index contributed by atoms with van der Waals surface area (Å²) in [6.45, 7) is 7.47. The third kappa shape index (κ3) is 4.27. The summed E-state index contributed by atoms with van der Waals surface area (Å²) >= 11 is 6.12. The van der Waals surface area contributed by atoms with Crippen molar-refractivity contribution < 1.29 is 22.3 Å². The summed E-state index contributed by atoms with van der Waals surface area (Å²) in [6, 6.07) is -0.385. The van der Waals surface area contributed by atoms with E-state index in [1.54, 1.807) is 0 Å². The zero-order valence-electron chi connectivity index (χ0n) is 20.9. The molecule has 0 radical (unpaired) electrons. The van der Waals surface area contributed by atoms with Crippen molar-refractivity contribution in [1.29, 1.82) is 0 Å². The topological polar surface area (TPSA) is 106 Å². The van der Waals surface area contributed by atoms with Gasteiger partial charge in [0.2, 0.25) is 15.0 Å². The number of carbonyl (C=O) groups excluding carboxylic acids is 1. The maximum Gasteiger partial charge on any atom is 0.410 e. The number of rotatable bonds is 2. The van der Waals surface area contributed by atoms with E-state index in [1.165, 1.54) is 6.92 Å². The van der Waals surface area contributed by atoms with Gasteiger partial charge in [-0.15, -0.1) is 0 Å². The average Bonchev–Trinajstić information content (AvgIpc) is 3.16. The van der Waals surface area contributed by atoms with E-state index in [9.17, 15) is 13.2 Å².